The zero-order chi connectivity index (χ0) is 62.6. The molecule has 0 aromatic heterocycles. The summed E-state index contributed by atoms with van der Waals surface area (Å²) in [6, 6.07) is 0. The Bertz CT molecular complexity index is 1910. The molecule has 0 saturated carbocycles. The van der Waals surface area contributed by atoms with Crippen LogP contribution >= 0.6 is 7.82 Å². The summed E-state index contributed by atoms with van der Waals surface area (Å²) in [5, 5.41) is 0. The number of esters is 2. The SMILES string of the molecule is CC/C=C\C/C=C\C/C=C\C/C=C\C/C=C\C/C=C\C/C=C\C/C=C\C/C=C\C/C=C\C/C=C\CCCCCCCC(=O)OC(COC(=O)CCCCCCCCCCCCCCCCCCCCCCCCC)COP(=O)(O)OCC[N+](C)(C)C. The number of phosphoric ester groups is 1. The molecule has 0 aromatic rings. The smallest absolute Gasteiger partial charge is 0.462 e. The fourth-order valence-corrected chi connectivity index (χ4v) is 10.1. The van der Waals surface area contributed by atoms with E-state index < -0.39 is 26.5 Å². The third kappa shape index (κ3) is 69.3. The molecule has 0 amide bonds. The van der Waals surface area contributed by atoms with Crippen LogP contribution in [0.5, 0.6) is 0 Å². The number of rotatable bonds is 63. The Morgan fingerprint density at radius 1 is 0.372 bits per heavy atom. The van der Waals surface area contributed by atoms with Gasteiger partial charge < -0.3 is 18.9 Å². The summed E-state index contributed by atoms with van der Waals surface area (Å²) in [4.78, 5) is 35.8. The van der Waals surface area contributed by atoms with Crippen LogP contribution in [0.15, 0.2) is 134 Å². The lowest BCUT2D eigenvalue weighted by Crippen LogP contribution is -2.37. The first-order valence-corrected chi connectivity index (χ1v) is 36.4. The molecule has 0 aliphatic heterocycles. The van der Waals surface area contributed by atoms with Gasteiger partial charge in [0.1, 0.15) is 19.8 Å². The first-order chi connectivity index (χ1) is 42.0. The second kappa shape index (κ2) is 65.6. The molecule has 86 heavy (non-hydrogen) atoms. The van der Waals surface area contributed by atoms with E-state index in [2.05, 4.69) is 148 Å². The normalized spacial score (nSPS) is 14.0. The summed E-state index contributed by atoms with van der Waals surface area (Å²) in [6.07, 6.45) is 95.5. The third-order valence-corrected chi connectivity index (χ3v) is 15.7. The van der Waals surface area contributed by atoms with Crippen molar-refractivity contribution < 1.29 is 42.1 Å². The van der Waals surface area contributed by atoms with E-state index in [9.17, 15) is 19.0 Å². The summed E-state index contributed by atoms with van der Waals surface area (Å²) in [6.45, 7) is 4.32. The first-order valence-electron chi connectivity index (χ1n) is 34.9. The molecule has 1 N–H and O–H groups in total. The van der Waals surface area contributed by atoms with Crippen molar-refractivity contribution in [1.82, 2.24) is 0 Å². The maximum Gasteiger partial charge on any atom is 0.472 e. The molecule has 2 unspecified atom stereocenters. The number of hydrogen-bond donors (Lipinski definition) is 1. The van der Waals surface area contributed by atoms with Gasteiger partial charge in [-0.15, -0.1) is 0 Å². The van der Waals surface area contributed by atoms with Crippen molar-refractivity contribution in [1.29, 1.82) is 0 Å². The average molecular weight is 1220 g/mol. The number of allylic oxidation sites excluding steroid dienone is 22. The molecule has 0 spiro atoms. The molecule has 0 aromatic carbocycles. The van der Waals surface area contributed by atoms with Gasteiger partial charge in [0, 0.05) is 12.8 Å². The van der Waals surface area contributed by atoms with E-state index in [1.807, 2.05) is 21.1 Å². The molecule has 10 heteroatoms. The highest BCUT2D eigenvalue weighted by Gasteiger charge is 2.27. The van der Waals surface area contributed by atoms with Crippen molar-refractivity contribution in [3.63, 3.8) is 0 Å². The van der Waals surface area contributed by atoms with Crippen LogP contribution < -0.4 is 0 Å². The van der Waals surface area contributed by atoms with E-state index >= 15 is 0 Å². The van der Waals surface area contributed by atoms with E-state index in [4.69, 9.17) is 18.5 Å². The minimum absolute atomic E-state index is 0.0225. The Labute approximate surface area is 530 Å². The van der Waals surface area contributed by atoms with Crippen LogP contribution in [0.4, 0.5) is 0 Å². The van der Waals surface area contributed by atoms with Crippen LogP contribution in [0.2, 0.25) is 0 Å². The van der Waals surface area contributed by atoms with Gasteiger partial charge in [-0.1, -0.05) is 308 Å². The highest BCUT2D eigenvalue weighted by molar-refractivity contribution is 7.47. The Hall–Kier alpha value is -3.85. The predicted octanol–water partition coefficient (Wildman–Crippen LogP) is 22.8. The van der Waals surface area contributed by atoms with E-state index in [1.54, 1.807) is 0 Å². The summed E-state index contributed by atoms with van der Waals surface area (Å²) in [5.41, 5.74) is 0. The summed E-state index contributed by atoms with van der Waals surface area (Å²) in [7, 11) is 1.46. The molecular formula is C76H131NO8P+. The molecule has 492 valence electrons. The predicted molar refractivity (Wildman–Crippen MR) is 371 cm³/mol. The standard InChI is InChI=1S/C76H130NO8P/c1-6-8-10-12-14-16-18-20-22-24-26-28-30-31-32-33-34-35-36-37-38-39-40-41-42-43-44-45-47-49-51-53-55-57-59-61-63-65-67-69-76(79)85-74(73-84-86(80,81)83-71-70-77(3,4)5)72-82-75(78)68-66-64-62-60-58-56-54-52-50-48-46-29-27-25-23-21-19-17-15-13-11-9-7-2/h8,10,14,16,20,22,26,28,31-32,34-35,37-38,40-41,43-44,47,49,53,55,74H,6-7,9,11-13,15,17-19,21,23-25,27,29-30,33,36,39,42,45-46,48,50-52,54,56-73H2,1-5H3/p+1/b10-8-,16-14-,22-20-,28-26-,32-31-,35-34-,38-37-,41-40-,44-43-,49-47-,55-53-. The molecule has 0 bridgehead atoms. The minimum Gasteiger partial charge on any atom is -0.462 e. The maximum atomic E-state index is 12.9. The fourth-order valence-electron chi connectivity index (χ4n) is 9.38. The van der Waals surface area contributed by atoms with Gasteiger partial charge >= 0.3 is 19.8 Å². The summed E-state index contributed by atoms with van der Waals surface area (Å²) in [5.74, 6) is -0.818. The molecule has 0 radical (unpaired) electrons. The number of ether oxygens (including phenoxy) is 2. The number of phosphoric acid groups is 1. The van der Waals surface area contributed by atoms with Gasteiger partial charge in [-0.05, 0) is 96.3 Å². The minimum atomic E-state index is -4.40. The van der Waals surface area contributed by atoms with Gasteiger partial charge in [-0.2, -0.15) is 0 Å². The second-order valence-corrected chi connectivity index (χ2v) is 25.6. The zero-order valence-corrected chi connectivity index (χ0v) is 56.9. The third-order valence-electron chi connectivity index (χ3n) is 14.7. The first kappa shape index (κ1) is 82.1. The highest BCUT2D eigenvalue weighted by Crippen LogP contribution is 2.43. The number of quaternary nitrogens is 1. The van der Waals surface area contributed by atoms with Crippen molar-refractivity contribution in [2.45, 2.75) is 290 Å². The largest absolute Gasteiger partial charge is 0.472 e. The molecule has 0 aliphatic carbocycles. The second-order valence-electron chi connectivity index (χ2n) is 24.2. The van der Waals surface area contributed by atoms with Crippen molar-refractivity contribution >= 4 is 19.8 Å². The number of hydrogen-bond acceptors (Lipinski definition) is 7. The lowest BCUT2D eigenvalue weighted by molar-refractivity contribution is -0.870. The molecule has 0 aliphatic rings. The summed E-state index contributed by atoms with van der Waals surface area (Å²) < 4.78 is 34.7. The molecule has 2 atom stereocenters. The molecule has 0 rings (SSSR count). The Kier molecular flexibility index (Phi) is 62.7. The van der Waals surface area contributed by atoms with Gasteiger partial charge in [0.15, 0.2) is 6.10 Å². The van der Waals surface area contributed by atoms with E-state index in [-0.39, 0.29) is 32.0 Å². The quantitative estimate of drug-likeness (QED) is 0.0211. The van der Waals surface area contributed by atoms with Crippen molar-refractivity contribution in [3.05, 3.63) is 134 Å². The monoisotopic (exact) mass is 1220 g/mol. The van der Waals surface area contributed by atoms with Crippen molar-refractivity contribution in [2.24, 2.45) is 0 Å². The van der Waals surface area contributed by atoms with Crippen LogP contribution in [0.25, 0.3) is 0 Å². The van der Waals surface area contributed by atoms with E-state index in [0.29, 0.717) is 17.4 Å². The Balaban J connectivity index is 4.15. The van der Waals surface area contributed by atoms with Crippen LogP contribution in [0.1, 0.15) is 284 Å². The molecule has 0 saturated heterocycles. The summed E-state index contributed by atoms with van der Waals surface area (Å²) >= 11 is 0. The van der Waals surface area contributed by atoms with Gasteiger partial charge in [-0.3, -0.25) is 18.6 Å². The molecule has 9 nitrogen and oxygen atoms in total. The van der Waals surface area contributed by atoms with Crippen molar-refractivity contribution in [3.8, 4) is 0 Å². The lowest BCUT2D eigenvalue weighted by Gasteiger charge is -2.24. The topological polar surface area (TPSA) is 108 Å². The van der Waals surface area contributed by atoms with E-state index in [0.717, 1.165) is 122 Å². The fraction of sp³-hybridized carbons (Fsp3) is 0.684. The number of likely N-dealkylation sites (N-methyl/N-ethyl adjacent to an activating group) is 1. The zero-order valence-electron chi connectivity index (χ0n) is 56.0. The van der Waals surface area contributed by atoms with Gasteiger partial charge in [-0.25, -0.2) is 4.57 Å². The van der Waals surface area contributed by atoms with Crippen LogP contribution in [-0.4, -0.2) is 74.9 Å². The molecule has 0 heterocycles. The van der Waals surface area contributed by atoms with Gasteiger partial charge in [0.05, 0.1) is 27.7 Å². The van der Waals surface area contributed by atoms with Crippen LogP contribution in [0, 0.1) is 0 Å². The van der Waals surface area contributed by atoms with Crippen LogP contribution in [-0.2, 0) is 32.7 Å². The Morgan fingerprint density at radius 2 is 0.663 bits per heavy atom. The van der Waals surface area contributed by atoms with E-state index in [1.165, 1.54) is 128 Å². The number of carbonyl (C=O) groups excluding carboxylic acids is 2. The molecule has 0 fully saturated rings. The lowest BCUT2D eigenvalue weighted by atomic mass is 10.0. The van der Waals surface area contributed by atoms with Gasteiger partial charge in [0.25, 0.3) is 0 Å². The maximum absolute atomic E-state index is 12.9. The van der Waals surface area contributed by atoms with Gasteiger partial charge in [0.2, 0.25) is 0 Å². The number of unbranched alkanes of at least 4 members (excludes halogenated alkanes) is 27. The number of nitrogens with zero attached hydrogens (tertiary/aromatic N) is 1. The number of carbonyl (C=O) groups is 2. The molecular weight excluding hydrogens is 1090 g/mol. The van der Waals surface area contributed by atoms with Crippen molar-refractivity contribution in [2.75, 3.05) is 47.5 Å². The Morgan fingerprint density at radius 3 is 0.988 bits per heavy atom. The van der Waals surface area contributed by atoms with Crippen LogP contribution in [0.3, 0.4) is 0 Å². The average Bonchev–Trinajstić information content (AvgIpc) is 3.56. The highest BCUT2D eigenvalue weighted by atomic mass is 31.2.